The van der Waals surface area contributed by atoms with E-state index in [1.807, 2.05) is 0 Å². The Bertz CT molecular complexity index is 610. The van der Waals surface area contributed by atoms with Crippen molar-refractivity contribution in [1.29, 1.82) is 0 Å². The lowest BCUT2D eigenvalue weighted by Gasteiger charge is -2.26. The average molecular weight is 302 g/mol. The summed E-state index contributed by atoms with van der Waals surface area (Å²) in [6.07, 6.45) is 1.40. The lowest BCUT2D eigenvalue weighted by atomic mass is 10.0. The van der Waals surface area contributed by atoms with Crippen LogP contribution in [0.1, 0.15) is 20.3 Å². The predicted octanol–water partition coefficient (Wildman–Crippen LogP) is 1.57. The summed E-state index contributed by atoms with van der Waals surface area (Å²) in [5, 5.41) is 23.0. The molecule has 0 saturated heterocycles. The summed E-state index contributed by atoms with van der Waals surface area (Å²) < 4.78 is 22.9. The lowest BCUT2D eigenvalue weighted by molar-refractivity contribution is -0.384. The molecule has 0 aromatic heterocycles. The molecule has 0 heterocycles. The number of sulfone groups is 1. The van der Waals surface area contributed by atoms with Crippen LogP contribution in [0.15, 0.2) is 23.1 Å². The van der Waals surface area contributed by atoms with E-state index in [1.54, 1.807) is 13.8 Å². The predicted molar refractivity (Wildman–Crippen MR) is 75.6 cm³/mol. The minimum Gasteiger partial charge on any atom is -0.396 e. The molecule has 0 bridgehead atoms. The van der Waals surface area contributed by atoms with Crippen molar-refractivity contribution in [2.45, 2.75) is 30.7 Å². The Morgan fingerprint density at radius 2 is 2.00 bits per heavy atom. The van der Waals surface area contributed by atoms with Crippen LogP contribution in [0.5, 0.6) is 0 Å². The molecule has 0 atom stereocenters. The van der Waals surface area contributed by atoms with E-state index in [9.17, 15) is 18.5 Å². The summed E-state index contributed by atoms with van der Waals surface area (Å²) in [4.78, 5) is 10.3. The van der Waals surface area contributed by atoms with E-state index in [0.717, 1.165) is 12.3 Å². The number of hydrogen-bond donors (Lipinski definition) is 2. The number of hydrogen-bond acceptors (Lipinski definition) is 6. The van der Waals surface area contributed by atoms with Crippen LogP contribution in [0.3, 0.4) is 0 Å². The summed E-state index contributed by atoms with van der Waals surface area (Å²) >= 11 is 0. The number of benzene rings is 1. The first kappa shape index (κ1) is 16.4. The normalized spacial score (nSPS) is 12.2. The van der Waals surface area contributed by atoms with Crippen LogP contribution in [0.2, 0.25) is 0 Å². The summed E-state index contributed by atoms with van der Waals surface area (Å²) in [7, 11) is -3.50. The van der Waals surface area contributed by atoms with E-state index in [4.69, 9.17) is 5.11 Å². The van der Waals surface area contributed by atoms with E-state index in [1.165, 1.54) is 12.1 Å². The van der Waals surface area contributed by atoms with Crippen LogP contribution in [0.25, 0.3) is 0 Å². The molecule has 0 unspecified atom stereocenters. The fourth-order valence-corrected chi connectivity index (χ4v) is 2.35. The first-order valence-electron chi connectivity index (χ1n) is 5.94. The van der Waals surface area contributed by atoms with Crippen molar-refractivity contribution < 1.29 is 18.4 Å². The van der Waals surface area contributed by atoms with Gasteiger partial charge in [0.1, 0.15) is 5.69 Å². The number of rotatable bonds is 6. The number of anilines is 1. The zero-order chi connectivity index (χ0) is 15.6. The fraction of sp³-hybridized carbons (Fsp3) is 0.500. The van der Waals surface area contributed by atoms with Crippen molar-refractivity contribution >= 4 is 21.2 Å². The van der Waals surface area contributed by atoms with Crippen LogP contribution >= 0.6 is 0 Å². The molecule has 2 N–H and O–H groups in total. The van der Waals surface area contributed by atoms with Crippen molar-refractivity contribution in [2.24, 2.45) is 0 Å². The second-order valence-electron chi connectivity index (χ2n) is 5.19. The third kappa shape index (κ3) is 4.17. The van der Waals surface area contributed by atoms with E-state index in [-0.39, 0.29) is 22.9 Å². The molecule has 1 aromatic rings. The van der Waals surface area contributed by atoms with E-state index >= 15 is 0 Å². The standard InChI is InChI=1S/C12H18N2O5S/c1-12(2,6-7-15)13-10-5-4-9(20(3,18)19)8-11(10)14(16)17/h4-5,8,13,15H,6-7H2,1-3H3. The van der Waals surface area contributed by atoms with Gasteiger partial charge in [-0.3, -0.25) is 10.1 Å². The smallest absolute Gasteiger partial charge is 0.293 e. The van der Waals surface area contributed by atoms with Crippen LogP contribution in [-0.4, -0.2) is 36.8 Å². The number of nitrogens with one attached hydrogen (secondary N) is 1. The van der Waals surface area contributed by atoms with Crippen LogP contribution in [0, 0.1) is 10.1 Å². The molecular formula is C12H18N2O5S. The van der Waals surface area contributed by atoms with Gasteiger partial charge in [-0.05, 0) is 32.4 Å². The third-order valence-electron chi connectivity index (χ3n) is 2.80. The summed E-state index contributed by atoms with van der Waals surface area (Å²) in [6, 6.07) is 3.72. The molecule has 0 radical (unpaired) electrons. The van der Waals surface area contributed by atoms with Gasteiger partial charge in [0.05, 0.1) is 9.82 Å². The average Bonchev–Trinajstić information content (AvgIpc) is 2.26. The maximum absolute atomic E-state index is 11.4. The largest absolute Gasteiger partial charge is 0.396 e. The number of nitro groups is 1. The lowest BCUT2D eigenvalue weighted by Crippen LogP contribution is -2.32. The van der Waals surface area contributed by atoms with Gasteiger partial charge in [0.15, 0.2) is 9.84 Å². The summed E-state index contributed by atoms with van der Waals surface area (Å²) in [6.45, 7) is 3.52. The second-order valence-corrected chi connectivity index (χ2v) is 7.21. The first-order valence-corrected chi connectivity index (χ1v) is 7.83. The molecule has 0 aliphatic rings. The van der Waals surface area contributed by atoms with Crippen LogP contribution < -0.4 is 5.32 Å². The number of aliphatic hydroxyl groups excluding tert-OH is 1. The highest BCUT2D eigenvalue weighted by molar-refractivity contribution is 7.90. The van der Waals surface area contributed by atoms with E-state index in [2.05, 4.69) is 5.32 Å². The molecular weight excluding hydrogens is 284 g/mol. The molecule has 1 rings (SSSR count). The molecule has 0 fully saturated rings. The topological polar surface area (TPSA) is 110 Å². The van der Waals surface area contributed by atoms with Gasteiger partial charge in [-0.2, -0.15) is 0 Å². The van der Waals surface area contributed by atoms with Crippen molar-refractivity contribution in [1.82, 2.24) is 0 Å². The van der Waals surface area contributed by atoms with Crippen molar-refractivity contribution in [3.8, 4) is 0 Å². The zero-order valence-corrected chi connectivity index (χ0v) is 12.4. The molecule has 20 heavy (non-hydrogen) atoms. The highest BCUT2D eigenvalue weighted by Gasteiger charge is 2.24. The molecule has 8 heteroatoms. The van der Waals surface area contributed by atoms with Gasteiger partial charge in [-0.25, -0.2) is 8.42 Å². The second kappa shape index (κ2) is 5.76. The van der Waals surface area contributed by atoms with Crippen LogP contribution in [-0.2, 0) is 9.84 Å². The van der Waals surface area contributed by atoms with Gasteiger partial charge >= 0.3 is 0 Å². The third-order valence-corrected chi connectivity index (χ3v) is 3.91. The molecule has 0 saturated carbocycles. The molecule has 7 nitrogen and oxygen atoms in total. The van der Waals surface area contributed by atoms with Gasteiger partial charge in [0.25, 0.3) is 5.69 Å². The molecule has 0 spiro atoms. The number of nitrogens with zero attached hydrogens (tertiary/aromatic N) is 1. The van der Waals surface area contributed by atoms with Gasteiger partial charge in [0.2, 0.25) is 0 Å². The Morgan fingerprint density at radius 1 is 1.40 bits per heavy atom. The SMILES string of the molecule is CC(C)(CCO)Nc1ccc(S(C)(=O)=O)cc1[N+](=O)[O-]. The highest BCUT2D eigenvalue weighted by atomic mass is 32.2. The fourth-order valence-electron chi connectivity index (χ4n) is 1.71. The minimum atomic E-state index is -3.50. The maximum Gasteiger partial charge on any atom is 0.293 e. The Kier molecular flexibility index (Phi) is 4.72. The van der Waals surface area contributed by atoms with Gasteiger partial charge in [0, 0.05) is 24.5 Å². The monoisotopic (exact) mass is 302 g/mol. The van der Waals surface area contributed by atoms with Gasteiger partial charge in [-0.1, -0.05) is 0 Å². The Morgan fingerprint density at radius 3 is 2.45 bits per heavy atom. The highest BCUT2D eigenvalue weighted by Crippen LogP contribution is 2.30. The Balaban J connectivity index is 3.25. The first-order chi connectivity index (χ1) is 9.07. The van der Waals surface area contributed by atoms with E-state index in [0.29, 0.717) is 6.42 Å². The van der Waals surface area contributed by atoms with Crippen molar-refractivity contribution in [3.63, 3.8) is 0 Å². The Labute approximate surface area is 117 Å². The molecule has 112 valence electrons. The molecule has 1 aromatic carbocycles. The summed E-state index contributed by atoms with van der Waals surface area (Å²) in [5.41, 5.74) is -0.633. The minimum absolute atomic E-state index is 0.0603. The van der Waals surface area contributed by atoms with E-state index < -0.39 is 20.3 Å². The maximum atomic E-state index is 11.4. The van der Waals surface area contributed by atoms with Crippen LogP contribution in [0.4, 0.5) is 11.4 Å². The number of nitro benzene ring substituents is 1. The Hall–Kier alpha value is -1.67. The quantitative estimate of drug-likeness (QED) is 0.609. The van der Waals surface area contributed by atoms with Gasteiger partial charge in [-0.15, -0.1) is 0 Å². The molecule has 0 aliphatic heterocycles. The van der Waals surface area contributed by atoms with Gasteiger partial charge < -0.3 is 10.4 Å². The zero-order valence-electron chi connectivity index (χ0n) is 11.6. The molecule has 0 amide bonds. The number of aliphatic hydroxyl groups is 1. The summed E-state index contributed by atoms with van der Waals surface area (Å²) in [5.74, 6) is 0. The van der Waals surface area contributed by atoms with Crippen molar-refractivity contribution in [3.05, 3.63) is 28.3 Å². The van der Waals surface area contributed by atoms with Crippen molar-refractivity contribution in [2.75, 3.05) is 18.2 Å². The molecule has 0 aliphatic carbocycles.